The zero-order valence-electron chi connectivity index (χ0n) is 5.06. The third-order valence-electron chi connectivity index (χ3n) is 1.30. The molecular weight excluding hydrogens is 150 g/mol. The molecule has 0 unspecified atom stereocenters. The fourth-order valence-corrected chi connectivity index (χ4v) is 0.992. The molecule has 3 nitrogen and oxygen atoms in total. The monoisotopic (exact) mass is 154 g/mol. The number of H-pyrrole nitrogens is 2. The summed E-state index contributed by atoms with van der Waals surface area (Å²) in [6.45, 7) is 0. The number of rotatable bonds is 0. The summed E-state index contributed by atoms with van der Waals surface area (Å²) in [6, 6.07) is 3.62. The minimum atomic E-state index is 0.503. The van der Waals surface area contributed by atoms with Crippen molar-refractivity contribution >= 4 is 22.8 Å². The van der Waals surface area contributed by atoms with Crippen molar-refractivity contribution in [2.24, 2.45) is 0 Å². The highest BCUT2D eigenvalue weighted by atomic mass is 35.5. The molecule has 0 aliphatic rings. The molecule has 0 aliphatic heterocycles. The molecule has 0 saturated carbocycles. The molecule has 0 atom stereocenters. The maximum absolute atomic E-state index is 5.63. The summed E-state index contributed by atoms with van der Waals surface area (Å²) in [5.41, 5.74) is 1.75. The zero-order valence-corrected chi connectivity index (χ0v) is 5.81. The first-order valence-corrected chi connectivity index (χ1v) is 3.25. The largest absolute Gasteiger partial charge is 0.300 e. The number of pyridine rings is 1. The fourth-order valence-electron chi connectivity index (χ4n) is 0.844. The Bertz CT molecular complexity index is 355. The van der Waals surface area contributed by atoms with Crippen LogP contribution in [0.15, 0.2) is 18.5 Å². The third-order valence-corrected chi connectivity index (χ3v) is 1.51. The van der Waals surface area contributed by atoms with Gasteiger partial charge >= 0.3 is 5.65 Å². The number of imidazole rings is 1. The van der Waals surface area contributed by atoms with Gasteiger partial charge in [0.2, 0.25) is 5.15 Å². The number of nitrogens with zero attached hydrogens (tertiary/aromatic N) is 1. The lowest BCUT2D eigenvalue weighted by Gasteiger charge is -1.79. The highest BCUT2D eigenvalue weighted by molar-refractivity contribution is 6.29. The number of aromatic nitrogens is 3. The molecule has 2 aromatic heterocycles. The van der Waals surface area contributed by atoms with E-state index in [0.29, 0.717) is 5.15 Å². The van der Waals surface area contributed by atoms with Crippen molar-refractivity contribution in [3.8, 4) is 0 Å². The first-order valence-electron chi connectivity index (χ1n) is 2.87. The predicted molar refractivity (Wildman–Crippen MR) is 37.7 cm³/mol. The van der Waals surface area contributed by atoms with Crippen LogP contribution >= 0.6 is 11.6 Å². The number of nitrogens with one attached hydrogen (secondary N) is 2. The quantitative estimate of drug-likeness (QED) is 0.566. The second-order valence-corrected chi connectivity index (χ2v) is 2.35. The summed E-state index contributed by atoms with van der Waals surface area (Å²) < 4.78 is 0. The standard InChI is InChI=1S/C6H4ClN3/c7-5-2-1-4-6(10-5)9-3-8-4/h1-3H,(H,8,9,10)/p+1. The lowest BCUT2D eigenvalue weighted by molar-refractivity contribution is -0.347. The fraction of sp³-hybridized carbons (Fsp3) is 0. The lowest BCUT2D eigenvalue weighted by atomic mass is 10.4. The van der Waals surface area contributed by atoms with Crippen LogP contribution < -0.4 is 4.98 Å². The van der Waals surface area contributed by atoms with Crippen LogP contribution in [0, 0.1) is 0 Å². The van der Waals surface area contributed by atoms with Crippen LogP contribution in [0.1, 0.15) is 0 Å². The average Bonchev–Trinajstić information content (AvgIpc) is 2.33. The maximum Gasteiger partial charge on any atom is 0.300 e. The Morgan fingerprint density at radius 3 is 3.30 bits per heavy atom. The van der Waals surface area contributed by atoms with Gasteiger partial charge in [0.1, 0.15) is 0 Å². The van der Waals surface area contributed by atoms with E-state index in [-0.39, 0.29) is 0 Å². The highest BCUT2D eigenvalue weighted by Crippen LogP contribution is 2.07. The summed E-state index contributed by atoms with van der Waals surface area (Å²) in [5.74, 6) is 0. The molecule has 0 radical (unpaired) electrons. The second kappa shape index (κ2) is 1.95. The second-order valence-electron chi connectivity index (χ2n) is 1.96. The van der Waals surface area contributed by atoms with Crippen LogP contribution in [0.4, 0.5) is 0 Å². The Balaban J connectivity index is 2.86. The van der Waals surface area contributed by atoms with Gasteiger partial charge in [0, 0.05) is 0 Å². The third kappa shape index (κ3) is 0.752. The summed E-state index contributed by atoms with van der Waals surface area (Å²) in [7, 11) is 0. The van der Waals surface area contributed by atoms with E-state index >= 15 is 0 Å². The number of hydrogen-bond acceptors (Lipinski definition) is 1. The molecule has 0 spiro atoms. The molecule has 10 heavy (non-hydrogen) atoms. The molecule has 0 aromatic carbocycles. The first-order chi connectivity index (χ1) is 4.86. The predicted octanol–water partition coefficient (Wildman–Crippen LogP) is 1.03. The van der Waals surface area contributed by atoms with E-state index in [1.54, 1.807) is 12.4 Å². The van der Waals surface area contributed by atoms with Gasteiger partial charge in [-0.2, -0.15) is 0 Å². The molecule has 0 aliphatic carbocycles. The van der Waals surface area contributed by atoms with Crippen molar-refractivity contribution in [1.82, 2.24) is 9.97 Å². The smallest absolute Gasteiger partial charge is 0.274 e. The number of fused-ring (bicyclic) bond motifs is 1. The van der Waals surface area contributed by atoms with Gasteiger partial charge in [-0.1, -0.05) is 4.98 Å². The van der Waals surface area contributed by atoms with Gasteiger partial charge in [-0.15, -0.1) is 0 Å². The van der Waals surface area contributed by atoms with Crippen LogP contribution in [0.5, 0.6) is 0 Å². The Morgan fingerprint density at radius 2 is 2.40 bits per heavy atom. The molecule has 2 aromatic rings. The van der Waals surface area contributed by atoms with Crippen LogP contribution in [0.2, 0.25) is 5.15 Å². The SMILES string of the molecule is Clc1ccc2[nH]c[nH+]c2n1. The Morgan fingerprint density at radius 1 is 1.50 bits per heavy atom. The normalized spacial score (nSPS) is 10.5. The first kappa shape index (κ1) is 5.68. The minimum Gasteiger partial charge on any atom is -0.274 e. The Labute approximate surface area is 62.1 Å². The molecule has 0 fully saturated rings. The number of halogens is 1. The molecular formula is C6H5ClN3+. The maximum atomic E-state index is 5.63. The van der Waals surface area contributed by atoms with Crippen LogP contribution in [-0.4, -0.2) is 9.97 Å². The van der Waals surface area contributed by atoms with Gasteiger partial charge in [0.15, 0.2) is 11.8 Å². The van der Waals surface area contributed by atoms with E-state index in [9.17, 15) is 0 Å². The van der Waals surface area contributed by atoms with E-state index in [1.165, 1.54) is 0 Å². The molecule has 50 valence electrons. The molecule has 2 rings (SSSR count). The average molecular weight is 155 g/mol. The Kier molecular flexibility index (Phi) is 1.11. The van der Waals surface area contributed by atoms with Crippen LogP contribution in [0.25, 0.3) is 11.2 Å². The van der Waals surface area contributed by atoms with Crippen molar-refractivity contribution in [3.63, 3.8) is 0 Å². The van der Waals surface area contributed by atoms with E-state index in [1.807, 2.05) is 6.07 Å². The van der Waals surface area contributed by atoms with Gasteiger partial charge in [-0.3, -0.25) is 4.98 Å². The van der Waals surface area contributed by atoms with Gasteiger partial charge in [0.05, 0.1) is 0 Å². The minimum absolute atomic E-state index is 0.503. The van der Waals surface area contributed by atoms with Crippen molar-refractivity contribution in [1.29, 1.82) is 0 Å². The van der Waals surface area contributed by atoms with Gasteiger partial charge in [0.25, 0.3) is 0 Å². The Hall–Kier alpha value is -1.09. The molecule has 0 bridgehead atoms. The van der Waals surface area contributed by atoms with Crippen LogP contribution in [-0.2, 0) is 0 Å². The van der Waals surface area contributed by atoms with E-state index in [4.69, 9.17) is 11.6 Å². The topological polar surface area (TPSA) is 42.8 Å². The van der Waals surface area contributed by atoms with Gasteiger partial charge in [-0.25, -0.2) is 4.98 Å². The van der Waals surface area contributed by atoms with E-state index in [0.717, 1.165) is 11.2 Å². The summed E-state index contributed by atoms with van der Waals surface area (Å²) in [6.07, 6.45) is 1.72. The molecule has 2 N–H and O–H groups in total. The van der Waals surface area contributed by atoms with E-state index in [2.05, 4.69) is 15.0 Å². The molecule has 0 amide bonds. The number of hydrogen-bond donors (Lipinski definition) is 1. The lowest BCUT2D eigenvalue weighted by Crippen LogP contribution is -1.96. The molecule has 2 heterocycles. The van der Waals surface area contributed by atoms with Crippen molar-refractivity contribution in [2.45, 2.75) is 0 Å². The summed E-state index contributed by atoms with van der Waals surface area (Å²) >= 11 is 5.63. The van der Waals surface area contributed by atoms with Crippen molar-refractivity contribution in [3.05, 3.63) is 23.6 Å². The molecule has 4 heteroatoms. The number of aromatic amines is 2. The van der Waals surface area contributed by atoms with Gasteiger partial charge < -0.3 is 0 Å². The van der Waals surface area contributed by atoms with Crippen LogP contribution in [0.3, 0.4) is 0 Å². The van der Waals surface area contributed by atoms with Gasteiger partial charge in [-0.05, 0) is 23.7 Å². The highest BCUT2D eigenvalue weighted by Gasteiger charge is 2.03. The summed E-state index contributed by atoms with van der Waals surface area (Å²) in [5, 5.41) is 0.503. The van der Waals surface area contributed by atoms with Crippen molar-refractivity contribution < 1.29 is 4.98 Å². The molecule has 0 saturated heterocycles. The summed E-state index contributed by atoms with van der Waals surface area (Å²) in [4.78, 5) is 9.89. The van der Waals surface area contributed by atoms with Crippen molar-refractivity contribution in [2.75, 3.05) is 0 Å². The van der Waals surface area contributed by atoms with E-state index < -0.39 is 0 Å². The zero-order chi connectivity index (χ0) is 6.97.